The summed E-state index contributed by atoms with van der Waals surface area (Å²) in [6.07, 6.45) is 0. The number of piperazine rings is 1. The number of aromatic amines is 1. The van der Waals surface area contributed by atoms with Gasteiger partial charge in [-0.05, 0) is 36.4 Å². The number of halogens is 1. The minimum absolute atomic E-state index is 0.117. The molecule has 1 aromatic heterocycles. The fraction of sp³-hybridized carbons (Fsp3) is 0.235. The standard InChI is InChI=1S/C17H17FN4O2S/c18-13-5-7-14(8-6-13)25(23,24)22-11-9-21(10-12-22)17-19-15-3-1-2-4-16(15)20-17/h1-8H,9-12H2,(H,19,20). The highest BCUT2D eigenvalue weighted by molar-refractivity contribution is 7.89. The summed E-state index contributed by atoms with van der Waals surface area (Å²) in [4.78, 5) is 9.97. The molecule has 0 atom stereocenters. The maximum atomic E-state index is 13.0. The number of H-pyrrole nitrogens is 1. The maximum Gasteiger partial charge on any atom is 0.243 e. The Balaban J connectivity index is 1.50. The highest BCUT2D eigenvalue weighted by Crippen LogP contribution is 2.21. The van der Waals surface area contributed by atoms with Crippen molar-refractivity contribution in [2.24, 2.45) is 0 Å². The molecule has 1 fully saturated rings. The third-order valence-corrected chi connectivity index (χ3v) is 6.28. The minimum Gasteiger partial charge on any atom is -0.340 e. The summed E-state index contributed by atoms with van der Waals surface area (Å²) >= 11 is 0. The molecule has 130 valence electrons. The second kappa shape index (κ2) is 6.12. The van der Waals surface area contributed by atoms with E-state index in [0.29, 0.717) is 26.2 Å². The second-order valence-electron chi connectivity index (χ2n) is 5.92. The van der Waals surface area contributed by atoms with Crippen LogP contribution in [0.15, 0.2) is 53.4 Å². The van der Waals surface area contributed by atoms with Gasteiger partial charge in [0.05, 0.1) is 15.9 Å². The van der Waals surface area contributed by atoms with Crippen molar-refractivity contribution >= 4 is 27.0 Å². The summed E-state index contributed by atoms with van der Waals surface area (Å²) in [5.41, 5.74) is 1.85. The first-order valence-electron chi connectivity index (χ1n) is 7.99. The topological polar surface area (TPSA) is 69.3 Å². The van der Waals surface area contributed by atoms with Crippen LogP contribution in [-0.2, 0) is 10.0 Å². The van der Waals surface area contributed by atoms with Crippen LogP contribution in [-0.4, -0.2) is 48.9 Å². The van der Waals surface area contributed by atoms with Crippen molar-refractivity contribution in [1.29, 1.82) is 0 Å². The van der Waals surface area contributed by atoms with Crippen LogP contribution in [0.1, 0.15) is 0 Å². The molecule has 3 aromatic rings. The average Bonchev–Trinajstić information content (AvgIpc) is 3.06. The summed E-state index contributed by atoms with van der Waals surface area (Å²) in [5, 5.41) is 0. The number of benzene rings is 2. The normalized spacial score (nSPS) is 16.4. The molecule has 0 unspecified atom stereocenters. The van der Waals surface area contributed by atoms with Crippen LogP contribution in [0.5, 0.6) is 0 Å². The number of sulfonamides is 1. The van der Waals surface area contributed by atoms with E-state index in [1.807, 2.05) is 29.2 Å². The number of hydrogen-bond donors (Lipinski definition) is 1. The van der Waals surface area contributed by atoms with Gasteiger partial charge in [-0.15, -0.1) is 0 Å². The van der Waals surface area contributed by atoms with Crippen molar-refractivity contribution in [2.45, 2.75) is 4.90 Å². The molecule has 1 aliphatic rings. The first-order chi connectivity index (χ1) is 12.0. The van der Waals surface area contributed by atoms with Gasteiger partial charge in [-0.1, -0.05) is 12.1 Å². The molecule has 0 bridgehead atoms. The van der Waals surface area contributed by atoms with Gasteiger partial charge in [-0.2, -0.15) is 4.31 Å². The molecule has 2 aromatic carbocycles. The lowest BCUT2D eigenvalue weighted by atomic mass is 10.3. The fourth-order valence-electron chi connectivity index (χ4n) is 2.98. The molecule has 8 heteroatoms. The fourth-order valence-corrected chi connectivity index (χ4v) is 4.41. The van der Waals surface area contributed by atoms with Crippen LogP contribution in [0.25, 0.3) is 11.0 Å². The van der Waals surface area contributed by atoms with Crippen LogP contribution in [0.4, 0.5) is 10.3 Å². The van der Waals surface area contributed by atoms with E-state index >= 15 is 0 Å². The van der Waals surface area contributed by atoms with Crippen LogP contribution in [0, 0.1) is 5.82 Å². The Hall–Kier alpha value is -2.45. The van der Waals surface area contributed by atoms with E-state index in [4.69, 9.17) is 0 Å². The molecule has 25 heavy (non-hydrogen) atoms. The van der Waals surface area contributed by atoms with Gasteiger partial charge in [0, 0.05) is 26.2 Å². The Morgan fingerprint density at radius 2 is 1.64 bits per heavy atom. The zero-order valence-corrected chi connectivity index (χ0v) is 14.2. The third kappa shape index (κ3) is 2.98. The largest absolute Gasteiger partial charge is 0.340 e. The third-order valence-electron chi connectivity index (χ3n) is 4.37. The molecule has 1 aliphatic heterocycles. The number of imidazole rings is 1. The van der Waals surface area contributed by atoms with E-state index in [0.717, 1.165) is 29.1 Å². The van der Waals surface area contributed by atoms with E-state index < -0.39 is 15.8 Å². The van der Waals surface area contributed by atoms with Gasteiger partial charge in [0.25, 0.3) is 0 Å². The van der Waals surface area contributed by atoms with Crippen molar-refractivity contribution < 1.29 is 12.8 Å². The molecule has 0 spiro atoms. The quantitative estimate of drug-likeness (QED) is 0.778. The molecule has 6 nitrogen and oxygen atoms in total. The van der Waals surface area contributed by atoms with Crippen molar-refractivity contribution in [2.75, 3.05) is 31.1 Å². The number of fused-ring (bicyclic) bond motifs is 1. The number of para-hydroxylation sites is 2. The lowest BCUT2D eigenvalue weighted by Gasteiger charge is -2.33. The monoisotopic (exact) mass is 360 g/mol. The highest BCUT2D eigenvalue weighted by Gasteiger charge is 2.29. The van der Waals surface area contributed by atoms with Gasteiger partial charge in [0.2, 0.25) is 16.0 Å². The Labute approximate surface area is 144 Å². The number of anilines is 1. The molecule has 0 aliphatic carbocycles. The highest BCUT2D eigenvalue weighted by atomic mass is 32.2. The Kier molecular flexibility index (Phi) is 3.93. The minimum atomic E-state index is -3.60. The summed E-state index contributed by atoms with van der Waals surface area (Å²) in [7, 11) is -3.60. The molecular formula is C17H17FN4O2S. The lowest BCUT2D eigenvalue weighted by Crippen LogP contribution is -2.49. The first-order valence-corrected chi connectivity index (χ1v) is 9.43. The van der Waals surface area contributed by atoms with Crippen LogP contribution >= 0.6 is 0 Å². The molecule has 2 heterocycles. The van der Waals surface area contributed by atoms with Crippen molar-refractivity contribution in [3.05, 3.63) is 54.3 Å². The van der Waals surface area contributed by atoms with E-state index in [1.54, 1.807) is 0 Å². The van der Waals surface area contributed by atoms with Crippen LogP contribution < -0.4 is 4.90 Å². The van der Waals surface area contributed by atoms with Gasteiger partial charge in [0.1, 0.15) is 5.82 Å². The molecule has 0 amide bonds. The van der Waals surface area contributed by atoms with E-state index in [-0.39, 0.29) is 4.90 Å². The predicted octanol–water partition coefficient (Wildman–Crippen LogP) is 2.21. The number of nitrogens with one attached hydrogen (secondary N) is 1. The SMILES string of the molecule is O=S(=O)(c1ccc(F)cc1)N1CCN(c2nc3ccccc3[nH]2)CC1. The Morgan fingerprint density at radius 3 is 2.32 bits per heavy atom. The van der Waals surface area contributed by atoms with Gasteiger partial charge in [-0.3, -0.25) is 0 Å². The average molecular weight is 360 g/mol. The summed E-state index contributed by atoms with van der Waals surface area (Å²) in [6.45, 7) is 1.80. The first kappa shape index (κ1) is 16.0. The zero-order chi connectivity index (χ0) is 17.4. The Morgan fingerprint density at radius 1 is 0.960 bits per heavy atom. The van der Waals surface area contributed by atoms with Gasteiger partial charge < -0.3 is 9.88 Å². The molecule has 0 saturated carbocycles. The second-order valence-corrected chi connectivity index (χ2v) is 7.86. The van der Waals surface area contributed by atoms with E-state index in [2.05, 4.69) is 9.97 Å². The van der Waals surface area contributed by atoms with Crippen LogP contribution in [0.2, 0.25) is 0 Å². The molecule has 0 radical (unpaired) electrons. The predicted molar refractivity (Wildman–Crippen MR) is 93.5 cm³/mol. The maximum absolute atomic E-state index is 13.0. The van der Waals surface area contributed by atoms with Gasteiger partial charge in [0.15, 0.2) is 0 Å². The smallest absolute Gasteiger partial charge is 0.243 e. The summed E-state index contributed by atoms with van der Waals surface area (Å²) < 4.78 is 39.7. The van der Waals surface area contributed by atoms with E-state index in [1.165, 1.54) is 16.4 Å². The van der Waals surface area contributed by atoms with E-state index in [9.17, 15) is 12.8 Å². The van der Waals surface area contributed by atoms with Crippen molar-refractivity contribution in [3.63, 3.8) is 0 Å². The van der Waals surface area contributed by atoms with Crippen LogP contribution in [0.3, 0.4) is 0 Å². The Bertz CT molecular complexity index is 960. The zero-order valence-electron chi connectivity index (χ0n) is 13.4. The lowest BCUT2D eigenvalue weighted by molar-refractivity contribution is 0.383. The number of nitrogens with zero attached hydrogens (tertiary/aromatic N) is 3. The van der Waals surface area contributed by atoms with Crippen molar-refractivity contribution in [3.8, 4) is 0 Å². The summed E-state index contributed by atoms with van der Waals surface area (Å²) in [6, 6.07) is 12.7. The number of rotatable bonds is 3. The molecule has 1 saturated heterocycles. The molecule has 1 N–H and O–H groups in total. The summed E-state index contributed by atoms with van der Waals surface area (Å²) in [5.74, 6) is 0.300. The van der Waals surface area contributed by atoms with Crippen molar-refractivity contribution in [1.82, 2.24) is 14.3 Å². The number of aromatic nitrogens is 2. The number of hydrogen-bond acceptors (Lipinski definition) is 4. The van der Waals surface area contributed by atoms with Gasteiger partial charge in [-0.25, -0.2) is 17.8 Å². The molecular weight excluding hydrogens is 343 g/mol. The van der Waals surface area contributed by atoms with Gasteiger partial charge >= 0.3 is 0 Å². The molecule has 4 rings (SSSR count).